The summed E-state index contributed by atoms with van der Waals surface area (Å²) in [4.78, 5) is 26.5. The second kappa shape index (κ2) is 5.15. The predicted molar refractivity (Wildman–Crippen MR) is 68.2 cm³/mol. The first-order valence-electron chi connectivity index (χ1n) is 5.24. The Morgan fingerprint density at radius 3 is 2.68 bits per heavy atom. The quantitative estimate of drug-likeness (QED) is 0.905. The van der Waals surface area contributed by atoms with E-state index in [0.29, 0.717) is 10.6 Å². The molecule has 1 amide bonds. The molecule has 0 atom stereocenters. The average Bonchev–Trinajstić information content (AvgIpc) is 2.71. The largest absolute Gasteiger partial charge is 0.477 e. The van der Waals surface area contributed by atoms with Crippen LogP contribution in [0, 0.1) is 12.7 Å². The summed E-state index contributed by atoms with van der Waals surface area (Å²) in [6.45, 7) is 1.64. The minimum atomic E-state index is -1.04. The third-order valence-corrected chi connectivity index (χ3v) is 3.45. The summed E-state index contributed by atoms with van der Waals surface area (Å²) in [5.74, 6) is -2.09. The molecule has 2 aromatic rings. The fourth-order valence-electron chi connectivity index (χ4n) is 1.44. The van der Waals surface area contributed by atoms with Gasteiger partial charge < -0.3 is 10.4 Å². The lowest BCUT2D eigenvalue weighted by molar-refractivity contribution is 0.0701. The summed E-state index contributed by atoms with van der Waals surface area (Å²) in [5.41, 5.74) is 0.629. The summed E-state index contributed by atoms with van der Waals surface area (Å²) in [6, 6.07) is 3.95. The first-order chi connectivity index (χ1) is 8.97. The van der Waals surface area contributed by atoms with Crippen LogP contribution in [0.25, 0.3) is 0 Å². The van der Waals surface area contributed by atoms with E-state index in [2.05, 4.69) is 10.3 Å². The molecule has 2 heterocycles. The van der Waals surface area contributed by atoms with Crippen LogP contribution in [0.3, 0.4) is 0 Å². The Labute approximate surface area is 111 Å². The van der Waals surface area contributed by atoms with Crippen LogP contribution in [0.5, 0.6) is 0 Å². The normalized spacial score (nSPS) is 10.2. The SMILES string of the molecule is Cc1cc(NC(=O)c2ccc(F)cn2)sc1C(=O)O. The van der Waals surface area contributed by atoms with Gasteiger partial charge >= 0.3 is 5.97 Å². The van der Waals surface area contributed by atoms with Crippen molar-refractivity contribution in [2.75, 3.05) is 5.32 Å². The molecule has 0 bridgehead atoms. The molecule has 0 saturated heterocycles. The van der Waals surface area contributed by atoms with Crippen molar-refractivity contribution < 1.29 is 19.1 Å². The molecule has 2 rings (SSSR count). The van der Waals surface area contributed by atoms with Crippen molar-refractivity contribution in [3.8, 4) is 0 Å². The van der Waals surface area contributed by atoms with Gasteiger partial charge in [0.1, 0.15) is 16.4 Å². The molecule has 0 fully saturated rings. The van der Waals surface area contributed by atoms with Crippen LogP contribution in [-0.2, 0) is 0 Å². The first kappa shape index (κ1) is 13.2. The Morgan fingerprint density at radius 2 is 2.16 bits per heavy atom. The van der Waals surface area contributed by atoms with Gasteiger partial charge in [0.05, 0.1) is 11.2 Å². The van der Waals surface area contributed by atoms with Gasteiger partial charge in [0.25, 0.3) is 5.91 Å². The smallest absolute Gasteiger partial charge is 0.346 e. The molecule has 5 nitrogen and oxygen atoms in total. The minimum absolute atomic E-state index is 0.0596. The molecule has 0 aliphatic heterocycles. The van der Waals surface area contributed by atoms with E-state index < -0.39 is 17.7 Å². The highest BCUT2D eigenvalue weighted by molar-refractivity contribution is 7.18. The van der Waals surface area contributed by atoms with E-state index in [4.69, 9.17) is 5.11 Å². The Hall–Kier alpha value is -2.28. The van der Waals surface area contributed by atoms with Crippen LogP contribution in [0.2, 0.25) is 0 Å². The summed E-state index contributed by atoms with van der Waals surface area (Å²) in [5, 5.41) is 11.8. The maximum absolute atomic E-state index is 12.7. The van der Waals surface area contributed by atoms with E-state index in [1.54, 1.807) is 13.0 Å². The molecule has 0 radical (unpaired) electrons. The first-order valence-corrected chi connectivity index (χ1v) is 6.05. The number of halogens is 1. The summed E-state index contributed by atoms with van der Waals surface area (Å²) in [7, 11) is 0. The number of rotatable bonds is 3. The van der Waals surface area contributed by atoms with Gasteiger partial charge in [-0.1, -0.05) is 0 Å². The van der Waals surface area contributed by atoms with Gasteiger partial charge in [0.15, 0.2) is 0 Å². The zero-order chi connectivity index (χ0) is 14.0. The van der Waals surface area contributed by atoms with Crippen molar-refractivity contribution in [2.24, 2.45) is 0 Å². The molecule has 19 heavy (non-hydrogen) atoms. The molecule has 7 heteroatoms. The molecular weight excluding hydrogens is 271 g/mol. The maximum Gasteiger partial charge on any atom is 0.346 e. The lowest BCUT2D eigenvalue weighted by Gasteiger charge is -2.00. The summed E-state index contributed by atoms with van der Waals surface area (Å²) >= 11 is 0.960. The number of amides is 1. The van der Waals surface area contributed by atoms with Gasteiger partial charge in [-0.25, -0.2) is 14.2 Å². The van der Waals surface area contributed by atoms with Crippen molar-refractivity contribution in [1.29, 1.82) is 0 Å². The number of nitrogens with one attached hydrogen (secondary N) is 1. The molecule has 0 aromatic carbocycles. The van der Waals surface area contributed by atoms with Gasteiger partial charge in [-0.15, -0.1) is 11.3 Å². The molecule has 0 unspecified atom stereocenters. The molecule has 0 saturated carbocycles. The number of anilines is 1. The van der Waals surface area contributed by atoms with Gasteiger partial charge in [-0.2, -0.15) is 0 Å². The van der Waals surface area contributed by atoms with Crippen molar-refractivity contribution >= 4 is 28.2 Å². The zero-order valence-electron chi connectivity index (χ0n) is 9.81. The summed E-state index contributed by atoms with van der Waals surface area (Å²) in [6.07, 6.45) is 0.942. The number of hydrogen-bond donors (Lipinski definition) is 2. The van der Waals surface area contributed by atoms with Gasteiger partial charge in [0, 0.05) is 0 Å². The monoisotopic (exact) mass is 280 g/mol. The van der Waals surface area contributed by atoms with Gasteiger partial charge in [0.2, 0.25) is 0 Å². The second-order valence-electron chi connectivity index (χ2n) is 3.74. The number of carboxylic acids is 1. The predicted octanol–water partition coefficient (Wildman–Crippen LogP) is 2.54. The zero-order valence-corrected chi connectivity index (χ0v) is 10.6. The third kappa shape index (κ3) is 2.94. The van der Waals surface area contributed by atoms with E-state index in [9.17, 15) is 14.0 Å². The number of aromatic nitrogens is 1. The highest BCUT2D eigenvalue weighted by Crippen LogP contribution is 2.26. The lowest BCUT2D eigenvalue weighted by atomic mass is 10.3. The molecule has 2 aromatic heterocycles. The fourth-order valence-corrected chi connectivity index (χ4v) is 2.35. The van der Waals surface area contributed by atoms with E-state index in [1.165, 1.54) is 6.07 Å². The molecule has 98 valence electrons. The van der Waals surface area contributed by atoms with E-state index in [1.807, 2.05) is 0 Å². The van der Waals surface area contributed by atoms with Crippen LogP contribution < -0.4 is 5.32 Å². The number of thiophene rings is 1. The number of aryl methyl sites for hydroxylation is 1. The number of aromatic carboxylic acids is 1. The van der Waals surface area contributed by atoms with E-state index in [0.717, 1.165) is 23.6 Å². The third-order valence-electron chi connectivity index (χ3n) is 2.31. The maximum atomic E-state index is 12.7. The number of nitrogens with zero attached hydrogens (tertiary/aromatic N) is 1. The highest BCUT2D eigenvalue weighted by Gasteiger charge is 2.15. The molecule has 0 aliphatic carbocycles. The number of hydrogen-bond acceptors (Lipinski definition) is 4. The fraction of sp³-hybridized carbons (Fsp3) is 0.0833. The van der Waals surface area contributed by atoms with Gasteiger partial charge in [-0.05, 0) is 30.7 Å². The Kier molecular flexibility index (Phi) is 3.57. The van der Waals surface area contributed by atoms with Gasteiger partial charge in [-0.3, -0.25) is 4.79 Å². The van der Waals surface area contributed by atoms with Crippen molar-refractivity contribution in [2.45, 2.75) is 6.92 Å². The lowest BCUT2D eigenvalue weighted by Crippen LogP contribution is -2.12. The van der Waals surface area contributed by atoms with Crippen molar-refractivity contribution in [3.05, 3.63) is 46.3 Å². The van der Waals surface area contributed by atoms with Crippen molar-refractivity contribution in [3.63, 3.8) is 0 Å². The molecular formula is C12H9FN2O3S. The molecule has 0 spiro atoms. The van der Waals surface area contributed by atoms with Crippen LogP contribution >= 0.6 is 11.3 Å². The summed E-state index contributed by atoms with van der Waals surface area (Å²) < 4.78 is 12.7. The highest BCUT2D eigenvalue weighted by atomic mass is 32.1. The molecule has 0 aliphatic rings. The molecule has 2 N–H and O–H groups in total. The Morgan fingerprint density at radius 1 is 1.42 bits per heavy atom. The van der Waals surface area contributed by atoms with Crippen LogP contribution in [0.1, 0.15) is 25.7 Å². The van der Waals surface area contributed by atoms with Crippen LogP contribution in [0.4, 0.5) is 9.39 Å². The Bertz CT molecular complexity index is 637. The van der Waals surface area contributed by atoms with Crippen molar-refractivity contribution in [1.82, 2.24) is 4.98 Å². The standard InChI is InChI=1S/C12H9FN2O3S/c1-6-4-9(19-10(6)12(17)18)15-11(16)8-3-2-7(13)5-14-8/h2-5H,1H3,(H,15,16)(H,17,18). The minimum Gasteiger partial charge on any atom is -0.477 e. The number of carboxylic acid groups (broad SMARTS) is 1. The Balaban J connectivity index is 2.17. The topological polar surface area (TPSA) is 79.3 Å². The number of carbonyl (C=O) groups excluding carboxylic acids is 1. The van der Waals surface area contributed by atoms with Crippen LogP contribution in [-0.4, -0.2) is 22.0 Å². The number of pyridine rings is 1. The van der Waals surface area contributed by atoms with E-state index >= 15 is 0 Å². The van der Waals surface area contributed by atoms with Crippen LogP contribution in [0.15, 0.2) is 24.4 Å². The second-order valence-corrected chi connectivity index (χ2v) is 4.80. The average molecular weight is 280 g/mol. The van der Waals surface area contributed by atoms with E-state index in [-0.39, 0.29) is 10.6 Å². The number of carbonyl (C=O) groups is 2.